The third-order valence-corrected chi connectivity index (χ3v) is 8.41. The van der Waals surface area contributed by atoms with Crippen molar-refractivity contribution in [2.75, 3.05) is 32.8 Å². The molecule has 1 aliphatic carbocycles. The van der Waals surface area contributed by atoms with Gasteiger partial charge in [-0.1, -0.05) is 42.8 Å². The summed E-state index contributed by atoms with van der Waals surface area (Å²) in [5.74, 6) is -1.79. The molecule has 1 spiro atoms. The number of piperidine rings is 1. The van der Waals surface area contributed by atoms with Crippen LogP contribution < -0.4 is 0 Å². The van der Waals surface area contributed by atoms with E-state index >= 15 is 0 Å². The second-order valence-corrected chi connectivity index (χ2v) is 10.4. The zero-order valence-electron chi connectivity index (χ0n) is 20.8. The van der Waals surface area contributed by atoms with Crippen LogP contribution in [0.4, 0.5) is 13.6 Å². The van der Waals surface area contributed by atoms with Gasteiger partial charge in [-0.3, -0.25) is 9.88 Å². The van der Waals surface area contributed by atoms with Gasteiger partial charge in [0.25, 0.3) is 0 Å². The highest BCUT2D eigenvalue weighted by molar-refractivity contribution is 5.78. The number of unbranched alkanes of at least 4 members (excludes halogenated alkanes) is 2. The largest absolute Gasteiger partial charge is 0.447 e. The highest BCUT2D eigenvalue weighted by atomic mass is 19.2. The highest BCUT2D eigenvalue weighted by Gasteiger charge is 2.45. The molecule has 6 rings (SSSR count). The summed E-state index contributed by atoms with van der Waals surface area (Å²) in [7, 11) is 0. The molecular formula is C30H31F2N3O2. The summed E-state index contributed by atoms with van der Waals surface area (Å²) in [5.41, 5.74) is 5.88. The smallest absolute Gasteiger partial charge is 0.410 e. The van der Waals surface area contributed by atoms with Crippen LogP contribution in [0.25, 0.3) is 11.3 Å². The number of likely N-dealkylation sites (tertiary alicyclic amines) is 1. The van der Waals surface area contributed by atoms with Crippen LogP contribution in [-0.4, -0.2) is 53.7 Å². The number of fused-ring (bicyclic) bond motifs is 5. The second-order valence-electron chi connectivity index (χ2n) is 10.4. The number of benzene rings is 2. The monoisotopic (exact) mass is 503 g/mol. The summed E-state index contributed by atoms with van der Waals surface area (Å²) >= 11 is 0. The lowest BCUT2D eigenvalue weighted by molar-refractivity contribution is 0.156. The van der Waals surface area contributed by atoms with Crippen LogP contribution >= 0.6 is 0 Å². The van der Waals surface area contributed by atoms with Gasteiger partial charge in [-0.2, -0.15) is 0 Å². The average Bonchev–Trinajstić information content (AvgIpc) is 3.42. The van der Waals surface area contributed by atoms with Gasteiger partial charge in [0.05, 0.1) is 11.7 Å². The van der Waals surface area contributed by atoms with Crippen molar-refractivity contribution < 1.29 is 18.3 Å². The van der Waals surface area contributed by atoms with Crippen molar-refractivity contribution in [3.63, 3.8) is 0 Å². The molecule has 0 saturated carbocycles. The Kier molecular flexibility index (Phi) is 6.41. The quantitative estimate of drug-likeness (QED) is 0.366. The van der Waals surface area contributed by atoms with E-state index in [9.17, 15) is 13.6 Å². The molecule has 3 aromatic rings. The van der Waals surface area contributed by atoms with Crippen molar-refractivity contribution in [2.24, 2.45) is 0 Å². The van der Waals surface area contributed by atoms with Crippen molar-refractivity contribution in [1.82, 2.24) is 14.8 Å². The van der Waals surface area contributed by atoms with E-state index in [1.807, 2.05) is 6.20 Å². The highest BCUT2D eigenvalue weighted by Crippen LogP contribution is 2.53. The fourth-order valence-electron chi connectivity index (χ4n) is 6.44. The number of cyclic esters (lactones) is 1. The molecule has 1 aromatic heterocycles. The van der Waals surface area contributed by atoms with Crippen LogP contribution in [0.3, 0.4) is 0 Å². The zero-order chi connectivity index (χ0) is 25.4. The molecule has 1 atom stereocenters. The molecule has 7 heteroatoms. The first-order chi connectivity index (χ1) is 18.1. The van der Waals surface area contributed by atoms with Crippen LogP contribution in [0.2, 0.25) is 0 Å². The summed E-state index contributed by atoms with van der Waals surface area (Å²) in [6.07, 6.45) is 6.59. The minimum absolute atomic E-state index is 0.0711. The maximum atomic E-state index is 13.7. The van der Waals surface area contributed by atoms with Gasteiger partial charge < -0.3 is 9.64 Å². The van der Waals surface area contributed by atoms with E-state index in [0.717, 1.165) is 69.6 Å². The lowest BCUT2D eigenvalue weighted by Gasteiger charge is -2.41. The van der Waals surface area contributed by atoms with Gasteiger partial charge in [-0.15, -0.1) is 0 Å². The number of ether oxygens (including phenoxy) is 1. The van der Waals surface area contributed by atoms with Crippen molar-refractivity contribution in [2.45, 2.75) is 43.6 Å². The fourth-order valence-corrected chi connectivity index (χ4v) is 6.44. The molecule has 1 amide bonds. The molecule has 5 nitrogen and oxygen atoms in total. The number of hydrogen-bond donors (Lipinski definition) is 0. The van der Waals surface area contributed by atoms with E-state index in [0.29, 0.717) is 12.1 Å². The Labute approximate surface area is 216 Å². The molecule has 192 valence electrons. The molecule has 0 N–H and O–H groups in total. The molecule has 2 aromatic carbocycles. The second kappa shape index (κ2) is 9.86. The van der Waals surface area contributed by atoms with Gasteiger partial charge in [0, 0.05) is 23.7 Å². The molecule has 3 aliphatic rings. The normalized spacial score (nSPS) is 20.2. The van der Waals surface area contributed by atoms with Gasteiger partial charge in [0.15, 0.2) is 11.6 Å². The Balaban J connectivity index is 1.00. The number of hydrogen-bond acceptors (Lipinski definition) is 4. The Morgan fingerprint density at radius 1 is 0.919 bits per heavy atom. The molecule has 2 aliphatic heterocycles. The van der Waals surface area contributed by atoms with Crippen molar-refractivity contribution in [3.05, 3.63) is 89.1 Å². The Morgan fingerprint density at radius 2 is 1.70 bits per heavy atom. The van der Waals surface area contributed by atoms with Crippen molar-refractivity contribution >= 4 is 6.09 Å². The van der Waals surface area contributed by atoms with Gasteiger partial charge in [-0.25, -0.2) is 13.6 Å². The van der Waals surface area contributed by atoms with Gasteiger partial charge in [-0.05, 0) is 80.2 Å². The first-order valence-corrected chi connectivity index (χ1v) is 13.2. The summed E-state index contributed by atoms with van der Waals surface area (Å²) in [4.78, 5) is 21.2. The number of carbonyl (C=O) groups excluding carboxylic acids is 1. The minimum atomic E-state index is -0.902. The molecular weight excluding hydrogens is 472 g/mol. The van der Waals surface area contributed by atoms with E-state index in [1.165, 1.54) is 22.8 Å². The van der Waals surface area contributed by atoms with E-state index in [-0.39, 0.29) is 24.2 Å². The maximum Gasteiger partial charge on any atom is 0.410 e. The lowest BCUT2D eigenvalue weighted by atomic mass is 9.71. The summed E-state index contributed by atoms with van der Waals surface area (Å²) in [6.45, 7) is 3.86. The summed E-state index contributed by atoms with van der Waals surface area (Å²) in [5, 5.41) is 0. The predicted molar refractivity (Wildman–Crippen MR) is 137 cm³/mol. The standard InChI is InChI=1S/C30H31F2N3O2/c31-25-11-10-21(19-26(25)32)27-20-37-29(36)35(27)16-5-1-4-15-34-17-12-30(13-18-34)23-8-3-2-7-22(23)28-24(30)9-6-14-33-28/h2-3,6-11,14,19,27H,1,4-5,12-13,15-18,20H2/t27-/m1/s1. The average molecular weight is 504 g/mol. The van der Waals surface area contributed by atoms with Gasteiger partial charge >= 0.3 is 6.09 Å². The number of amides is 1. The summed E-state index contributed by atoms with van der Waals surface area (Å²) < 4.78 is 32.2. The zero-order valence-corrected chi connectivity index (χ0v) is 20.8. The summed E-state index contributed by atoms with van der Waals surface area (Å²) in [6, 6.07) is 16.5. The molecule has 2 saturated heterocycles. The van der Waals surface area contributed by atoms with Crippen LogP contribution in [0.1, 0.15) is 54.8 Å². The third kappa shape index (κ3) is 4.29. The van der Waals surface area contributed by atoms with Crippen LogP contribution in [-0.2, 0) is 10.2 Å². The lowest BCUT2D eigenvalue weighted by Crippen LogP contribution is -2.42. The topological polar surface area (TPSA) is 45.7 Å². The molecule has 37 heavy (non-hydrogen) atoms. The maximum absolute atomic E-state index is 13.7. The Morgan fingerprint density at radius 3 is 2.54 bits per heavy atom. The number of carbonyl (C=O) groups is 1. The number of aromatic nitrogens is 1. The predicted octanol–water partition coefficient (Wildman–Crippen LogP) is 6.09. The Bertz CT molecular complexity index is 1260. The first kappa shape index (κ1) is 24.0. The van der Waals surface area contributed by atoms with Crippen LogP contribution in [0.5, 0.6) is 0 Å². The van der Waals surface area contributed by atoms with Crippen molar-refractivity contribution in [1.29, 1.82) is 0 Å². The fraction of sp³-hybridized carbons (Fsp3) is 0.400. The number of halogens is 2. The number of nitrogens with zero attached hydrogens (tertiary/aromatic N) is 3. The molecule has 2 fully saturated rings. The van der Waals surface area contributed by atoms with E-state index < -0.39 is 11.6 Å². The van der Waals surface area contributed by atoms with Crippen molar-refractivity contribution in [3.8, 4) is 11.3 Å². The Hall–Kier alpha value is -3.32. The van der Waals surface area contributed by atoms with Gasteiger partial charge in [0.1, 0.15) is 6.61 Å². The van der Waals surface area contributed by atoms with E-state index in [1.54, 1.807) is 4.90 Å². The van der Waals surface area contributed by atoms with E-state index in [4.69, 9.17) is 9.72 Å². The molecule has 3 heterocycles. The minimum Gasteiger partial charge on any atom is -0.447 e. The first-order valence-electron chi connectivity index (χ1n) is 13.2. The van der Waals surface area contributed by atoms with Crippen LogP contribution in [0, 0.1) is 11.6 Å². The SMILES string of the molecule is O=C1OC[C@H](c2ccc(F)c(F)c2)N1CCCCCN1CCC2(CC1)c1ccccc1-c1ncccc12. The molecule has 0 unspecified atom stereocenters. The van der Waals surface area contributed by atoms with Crippen LogP contribution in [0.15, 0.2) is 60.8 Å². The molecule has 0 bridgehead atoms. The molecule has 0 radical (unpaired) electrons. The van der Waals surface area contributed by atoms with E-state index in [2.05, 4.69) is 41.3 Å². The number of rotatable bonds is 7. The third-order valence-electron chi connectivity index (χ3n) is 8.41. The number of pyridine rings is 1. The van der Waals surface area contributed by atoms with Gasteiger partial charge in [0.2, 0.25) is 0 Å².